The highest BCUT2D eigenvalue weighted by Crippen LogP contribution is 2.15. The maximum Gasteiger partial charge on any atom is 0.179 e. The molecule has 0 spiro atoms. The van der Waals surface area contributed by atoms with Gasteiger partial charge in [-0.25, -0.2) is 0 Å². The lowest BCUT2D eigenvalue weighted by Gasteiger charge is -2.16. The van der Waals surface area contributed by atoms with Crippen LogP contribution in [0.25, 0.3) is 0 Å². The van der Waals surface area contributed by atoms with Crippen LogP contribution in [-0.4, -0.2) is 37.2 Å². The van der Waals surface area contributed by atoms with E-state index in [1.54, 1.807) is 0 Å². The fourth-order valence-corrected chi connectivity index (χ4v) is 2.43. The van der Waals surface area contributed by atoms with E-state index in [2.05, 4.69) is 5.32 Å². The van der Waals surface area contributed by atoms with Crippen LogP contribution in [0.15, 0.2) is 24.3 Å². The molecule has 1 heterocycles. The van der Waals surface area contributed by atoms with E-state index in [1.807, 2.05) is 45.0 Å². The van der Waals surface area contributed by atoms with E-state index in [1.165, 1.54) is 0 Å². The zero-order valence-electron chi connectivity index (χ0n) is 13.1. The highest BCUT2D eigenvalue weighted by Gasteiger charge is 2.19. The van der Waals surface area contributed by atoms with Gasteiger partial charge in [0.2, 0.25) is 0 Å². The number of Topliss-reactive ketones (excluding diaryl/α,β-unsaturated/α-hetero) is 1. The number of carbonyl (C=O) groups is 1. The van der Waals surface area contributed by atoms with Crippen molar-refractivity contribution in [2.75, 3.05) is 13.2 Å². The first-order chi connectivity index (χ1) is 10.1. The zero-order valence-corrected chi connectivity index (χ0v) is 13.1. The van der Waals surface area contributed by atoms with Crippen molar-refractivity contribution in [2.24, 2.45) is 0 Å². The highest BCUT2D eigenvalue weighted by molar-refractivity contribution is 5.99. The number of ether oxygens (including phenoxy) is 2. The van der Waals surface area contributed by atoms with E-state index >= 15 is 0 Å². The molecular formula is C17H25NO3. The Kier molecular flexibility index (Phi) is 5.76. The molecule has 1 aromatic rings. The Morgan fingerprint density at radius 3 is 2.62 bits per heavy atom. The second-order valence-electron chi connectivity index (χ2n) is 5.82. The average Bonchev–Trinajstić information content (AvgIpc) is 2.97. The van der Waals surface area contributed by atoms with Crippen molar-refractivity contribution in [1.82, 2.24) is 5.32 Å². The van der Waals surface area contributed by atoms with Crippen molar-refractivity contribution in [3.63, 3.8) is 0 Å². The summed E-state index contributed by atoms with van der Waals surface area (Å²) in [5.74, 6) is 0.894. The van der Waals surface area contributed by atoms with Gasteiger partial charge in [-0.05, 0) is 57.9 Å². The molecule has 1 aromatic carbocycles. The van der Waals surface area contributed by atoms with Crippen LogP contribution in [0.1, 0.15) is 44.0 Å². The fourth-order valence-electron chi connectivity index (χ4n) is 2.43. The predicted octanol–water partition coefficient (Wildman–Crippen LogP) is 2.81. The van der Waals surface area contributed by atoms with Crippen LogP contribution in [0.5, 0.6) is 5.75 Å². The zero-order chi connectivity index (χ0) is 15.2. The number of hydrogen-bond donors (Lipinski definition) is 1. The van der Waals surface area contributed by atoms with Crippen LogP contribution in [0.3, 0.4) is 0 Å². The molecule has 1 aliphatic heterocycles. The van der Waals surface area contributed by atoms with Crippen molar-refractivity contribution in [3.05, 3.63) is 29.8 Å². The van der Waals surface area contributed by atoms with Gasteiger partial charge in [0.25, 0.3) is 0 Å². The Balaban J connectivity index is 1.86. The van der Waals surface area contributed by atoms with Gasteiger partial charge in [0.1, 0.15) is 5.75 Å². The quantitative estimate of drug-likeness (QED) is 0.785. The van der Waals surface area contributed by atoms with Gasteiger partial charge in [-0.15, -0.1) is 0 Å². The first kappa shape index (κ1) is 16.0. The summed E-state index contributed by atoms with van der Waals surface area (Å²) in [6, 6.07) is 7.14. The Bertz CT molecular complexity index is 450. The van der Waals surface area contributed by atoms with Gasteiger partial charge in [0.05, 0.1) is 18.2 Å². The van der Waals surface area contributed by atoms with Gasteiger partial charge in [-0.1, -0.05) is 0 Å². The number of benzene rings is 1. The summed E-state index contributed by atoms with van der Waals surface area (Å²) >= 11 is 0. The van der Waals surface area contributed by atoms with Gasteiger partial charge >= 0.3 is 0 Å². The first-order valence-electron chi connectivity index (χ1n) is 7.72. The monoisotopic (exact) mass is 291 g/mol. The lowest BCUT2D eigenvalue weighted by Crippen LogP contribution is -2.38. The van der Waals surface area contributed by atoms with Gasteiger partial charge in [0.15, 0.2) is 5.78 Å². The minimum absolute atomic E-state index is 0.101. The van der Waals surface area contributed by atoms with Crippen LogP contribution in [-0.2, 0) is 4.74 Å². The number of nitrogens with one attached hydrogen (secondary N) is 1. The standard InChI is InChI=1S/C17H25NO3/c1-12(2)21-15-8-6-14(7-9-15)17(19)13(3)18-11-16-5-4-10-20-16/h6-9,12-13,16,18H,4-5,10-11H2,1-3H3. The minimum atomic E-state index is -0.203. The summed E-state index contributed by atoms with van der Waals surface area (Å²) in [6.45, 7) is 7.44. The second-order valence-corrected chi connectivity index (χ2v) is 5.82. The summed E-state index contributed by atoms with van der Waals surface area (Å²) in [4.78, 5) is 12.3. The van der Waals surface area contributed by atoms with Crippen LogP contribution < -0.4 is 10.1 Å². The molecule has 4 heteroatoms. The van der Waals surface area contributed by atoms with Crippen molar-refractivity contribution in [1.29, 1.82) is 0 Å². The van der Waals surface area contributed by atoms with E-state index in [0.29, 0.717) is 5.56 Å². The number of hydrogen-bond acceptors (Lipinski definition) is 4. The van der Waals surface area contributed by atoms with Gasteiger partial charge < -0.3 is 14.8 Å². The minimum Gasteiger partial charge on any atom is -0.491 e. The summed E-state index contributed by atoms with van der Waals surface area (Å²) in [5, 5.41) is 3.26. The maximum absolute atomic E-state index is 12.3. The highest BCUT2D eigenvalue weighted by atomic mass is 16.5. The molecule has 2 unspecified atom stereocenters. The molecule has 4 nitrogen and oxygen atoms in total. The normalized spacial score (nSPS) is 19.7. The SMILES string of the molecule is CC(C)Oc1ccc(C(=O)C(C)NCC2CCCO2)cc1. The lowest BCUT2D eigenvalue weighted by molar-refractivity contribution is 0.0902. The molecule has 1 saturated heterocycles. The van der Waals surface area contributed by atoms with E-state index in [9.17, 15) is 4.79 Å². The van der Waals surface area contributed by atoms with Gasteiger partial charge in [-0.3, -0.25) is 4.79 Å². The van der Waals surface area contributed by atoms with Crippen molar-refractivity contribution in [3.8, 4) is 5.75 Å². The van der Waals surface area contributed by atoms with Crippen LogP contribution in [0.2, 0.25) is 0 Å². The fraction of sp³-hybridized carbons (Fsp3) is 0.588. The summed E-state index contributed by atoms with van der Waals surface area (Å²) in [6.07, 6.45) is 2.59. The second kappa shape index (κ2) is 7.57. The smallest absolute Gasteiger partial charge is 0.179 e. The summed E-state index contributed by atoms with van der Waals surface area (Å²) < 4.78 is 11.1. The van der Waals surface area contributed by atoms with Gasteiger partial charge in [-0.2, -0.15) is 0 Å². The molecule has 0 aliphatic carbocycles. The number of carbonyl (C=O) groups excluding carboxylic acids is 1. The maximum atomic E-state index is 12.3. The van der Waals surface area contributed by atoms with Crippen molar-refractivity contribution >= 4 is 5.78 Å². The molecule has 0 saturated carbocycles. The molecule has 1 N–H and O–H groups in total. The van der Waals surface area contributed by atoms with Crippen molar-refractivity contribution < 1.29 is 14.3 Å². The molecule has 21 heavy (non-hydrogen) atoms. The Labute approximate surface area is 126 Å². The summed E-state index contributed by atoms with van der Waals surface area (Å²) in [5.41, 5.74) is 0.707. The Hall–Kier alpha value is -1.39. The molecule has 1 aliphatic rings. The molecule has 0 amide bonds. The molecule has 0 radical (unpaired) electrons. The molecule has 1 fully saturated rings. The summed E-state index contributed by atoms with van der Waals surface area (Å²) in [7, 11) is 0. The van der Waals surface area contributed by atoms with Crippen LogP contribution in [0, 0.1) is 0 Å². The molecule has 2 atom stereocenters. The third kappa shape index (κ3) is 4.83. The third-order valence-corrected chi connectivity index (χ3v) is 3.58. The molecule has 116 valence electrons. The topological polar surface area (TPSA) is 47.6 Å². The molecule has 0 aromatic heterocycles. The van der Waals surface area contributed by atoms with E-state index < -0.39 is 0 Å². The molecular weight excluding hydrogens is 266 g/mol. The van der Waals surface area contributed by atoms with E-state index in [0.717, 1.165) is 31.7 Å². The number of ketones is 1. The largest absolute Gasteiger partial charge is 0.491 e. The first-order valence-corrected chi connectivity index (χ1v) is 7.72. The molecule has 0 bridgehead atoms. The van der Waals surface area contributed by atoms with Crippen LogP contribution >= 0.6 is 0 Å². The van der Waals surface area contributed by atoms with Crippen molar-refractivity contribution in [2.45, 2.75) is 51.9 Å². The Morgan fingerprint density at radius 1 is 1.33 bits per heavy atom. The van der Waals surface area contributed by atoms with Gasteiger partial charge in [0, 0.05) is 18.7 Å². The Morgan fingerprint density at radius 2 is 2.05 bits per heavy atom. The molecule has 2 rings (SSSR count). The number of rotatable bonds is 7. The van der Waals surface area contributed by atoms with Crippen LogP contribution in [0.4, 0.5) is 0 Å². The third-order valence-electron chi connectivity index (χ3n) is 3.58. The van der Waals surface area contributed by atoms with E-state index in [4.69, 9.17) is 9.47 Å². The predicted molar refractivity (Wildman–Crippen MR) is 83.0 cm³/mol. The average molecular weight is 291 g/mol. The lowest BCUT2D eigenvalue weighted by atomic mass is 10.0. The van der Waals surface area contributed by atoms with E-state index in [-0.39, 0.29) is 24.0 Å².